The second kappa shape index (κ2) is 5.84. The summed E-state index contributed by atoms with van der Waals surface area (Å²) in [6.07, 6.45) is 0. The number of hydrogen-bond acceptors (Lipinski definition) is 3. The van der Waals surface area contributed by atoms with Gasteiger partial charge in [0.05, 0.1) is 0 Å². The lowest BCUT2D eigenvalue weighted by molar-refractivity contribution is -0.141. The van der Waals surface area contributed by atoms with Gasteiger partial charge in [0.2, 0.25) is 17.7 Å². The number of carbonyl (C=O) groups excluding carboxylic acids is 3. The van der Waals surface area contributed by atoms with Gasteiger partial charge in [0.1, 0.15) is 5.92 Å². The van der Waals surface area contributed by atoms with E-state index in [9.17, 15) is 14.4 Å². The highest BCUT2D eigenvalue weighted by Crippen LogP contribution is 2.10. The highest BCUT2D eigenvalue weighted by molar-refractivity contribution is 6.13. The largest absolute Gasteiger partial charge is 0.369 e. The predicted molar refractivity (Wildman–Crippen MR) is 66.1 cm³/mol. The van der Waals surface area contributed by atoms with Crippen LogP contribution in [-0.2, 0) is 14.4 Å². The molecule has 0 aromatic heterocycles. The third-order valence-corrected chi connectivity index (χ3v) is 3.06. The number of rotatable bonds is 3. The summed E-state index contributed by atoms with van der Waals surface area (Å²) in [5.41, 5.74) is 5.07. The Morgan fingerprint density at radius 2 is 1.44 bits per heavy atom. The van der Waals surface area contributed by atoms with Crippen molar-refractivity contribution < 1.29 is 14.4 Å². The zero-order valence-electron chi connectivity index (χ0n) is 11.1. The standard InChI is InChI=1S/C12H20N3O3/c1-8(2)11(17)14-4-6-15(7-5-14)12(18)9(3)10(13)16/h8H,4-7H2,1-3H3,(H2,13,16). The molecule has 18 heavy (non-hydrogen) atoms. The van der Waals surface area contributed by atoms with Crippen LogP contribution in [0.2, 0.25) is 0 Å². The van der Waals surface area contributed by atoms with Gasteiger partial charge in [0, 0.05) is 32.1 Å². The van der Waals surface area contributed by atoms with E-state index in [1.165, 1.54) is 6.92 Å². The number of hydrogen-bond donors (Lipinski definition) is 1. The van der Waals surface area contributed by atoms with E-state index in [0.29, 0.717) is 26.2 Å². The first-order valence-corrected chi connectivity index (χ1v) is 6.06. The first-order valence-electron chi connectivity index (χ1n) is 6.06. The third-order valence-electron chi connectivity index (χ3n) is 3.06. The Morgan fingerprint density at radius 1 is 1.00 bits per heavy atom. The van der Waals surface area contributed by atoms with E-state index < -0.39 is 5.91 Å². The molecule has 0 bridgehead atoms. The molecule has 0 spiro atoms. The fourth-order valence-corrected chi connectivity index (χ4v) is 1.84. The van der Waals surface area contributed by atoms with Crippen molar-refractivity contribution in [1.82, 2.24) is 9.80 Å². The van der Waals surface area contributed by atoms with Crippen LogP contribution in [-0.4, -0.2) is 53.7 Å². The fraction of sp³-hybridized carbons (Fsp3) is 0.667. The molecule has 3 amide bonds. The van der Waals surface area contributed by atoms with Crippen LogP contribution in [0.5, 0.6) is 0 Å². The van der Waals surface area contributed by atoms with E-state index in [0.717, 1.165) is 0 Å². The van der Waals surface area contributed by atoms with Crippen molar-refractivity contribution in [2.45, 2.75) is 20.8 Å². The lowest BCUT2D eigenvalue weighted by atomic mass is 10.1. The molecule has 1 heterocycles. The Bertz CT molecular complexity index is 346. The van der Waals surface area contributed by atoms with Crippen LogP contribution in [0, 0.1) is 11.8 Å². The Kier molecular flexibility index (Phi) is 4.69. The van der Waals surface area contributed by atoms with Crippen molar-refractivity contribution in [2.24, 2.45) is 11.7 Å². The number of piperazine rings is 1. The average Bonchev–Trinajstić information content (AvgIpc) is 2.36. The van der Waals surface area contributed by atoms with E-state index in [1.807, 2.05) is 13.8 Å². The molecular weight excluding hydrogens is 234 g/mol. The SMILES string of the molecule is C[C](C(N)=O)C(=O)N1CCN(C(=O)C(C)C)CC1. The number of nitrogens with two attached hydrogens (primary N) is 1. The quantitative estimate of drug-likeness (QED) is 0.682. The molecule has 0 aromatic rings. The van der Waals surface area contributed by atoms with E-state index in [-0.39, 0.29) is 23.7 Å². The van der Waals surface area contributed by atoms with Crippen molar-refractivity contribution in [3.63, 3.8) is 0 Å². The van der Waals surface area contributed by atoms with E-state index in [4.69, 9.17) is 5.73 Å². The third kappa shape index (κ3) is 3.21. The summed E-state index contributed by atoms with van der Waals surface area (Å²) in [7, 11) is 0. The van der Waals surface area contributed by atoms with Gasteiger partial charge in [0.25, 0.3) is 0 Å². The fourth-order valence-electron chi connectivity index (χ4n) is 1.84. The van der Waals surface area contributed by atoms with Crippen molar-refractivity contribution in [1.29, 1.82) is 0 Å². The topological polar surface area (TPSA) is 83.7 Å². The van der Waals surface area contributed by atoms with E-state index in [2.05, 4.69) is 0 Å². The maximum absolute atomic E-state index is 11.8. The van der Waals surface area contributed by atoms with Crippen LogP contribution >= 0.6 is 0 Å². The smallest absolute Gasteiger partial charge is 0.239 e. The van der Waals surface area contributed by atoms with Gasteiger partial charge in [-0.1, -0.05) is 13.8 Å². The Labute approximate surface area is 107 Å². The Balaban J connectivity index is 2.52. The second-order valence-corrected chi connectivity index (χ2v) is 4.76. The van der Waals surface area contributed by atoms with Gasteiger partial charge in [-0.3, -0.25) is 14.4 Å². The normalized spacial score (nSPS) is 16.3. The van der Waals surface area contributed by atoms with Crippen LogP contribution in [0.1, 0.15) is 20.8 Å². The Hall–Kier alpha value is -1.59. The van der Waals surface area contributed by atoms with Gasteiger partial charge in [-0.15, -0.1) is 0 Å². The van der Waals surface area contributed by atoms with Gasteiger partial charge in [-0.05, 0) is 6.92 Å². The van der Waals surface area contributed by atoms with Crippen LogP contribution in [0.15, 0.2) is 0 Å². The maximum atomic E-state index is 11.8. The first kappa shape index (κ1) is 14.5. The molecule has 1 aliphatic rings. The number of nitrogens with zero attached hydrogens (tertiary/aromatic N) is 2. The minimum atomic E-state index is -0.694. The second-order valence-electron chi connectivity index (χ2n) is 4.76. The number of amides is 3. The predicted octanol–water partition coefficient (Wildman–Crippen LogP) is -0.607. The molecule has 1 radical (unpaired) electrons. The highest BCUT2D eigenvalue weighted by Gasteiger charge is 2.30. The van der Waals surface area contributed by atoms with Gasteiger partial charge in [-0.2, -0.15) is 0 Å². The zero-order chi connectivity index (χ0) is 13.9. The molecule has 1 fully saturated rings. The Morgan fingerprint density at radius 3 is 1.83 bits per heavy atom. The van der Waals surface area contributed by atoms with Gasteiger partial charge in [-0.25, -0.2) is 0 Å². The van der Waals surface area contributed by atoms with Gasteiger partial charge < -0.3 is 15.5 Å². The molecule has 6 nitrogen and oxygen atoms in total. The molecule has 0 aromatic carbocycles. The van der Waals surface area contributed by atoms with E-state index >= 15 is 0 Å². The highest BCUT2D eigenvalue weighted by atomic mass is 16.2. The molecule has 101 valence electrons. The average molecular weight is 254 g/mol. The summed E-state index contributed by atoms with van der Waals surface area (Å²) >= 11 is 0. The van der Waals surface area contributed by atoms with Crippen LogP contribution in [0.4, 0.5) is 0 Å². The maximum Gasteiger partial charge on any atom is 0.239 e. The van der Waals surface area contributed by atoms with Crippen LogP contribution in [0.25, 0.3) is 0 Å². The molecule has 0 unspecified atom stereocenters. The summed E-state index contributed by atoms with van der Waals surface area (Å²) in [6, 6.07) is 0. The summed E-state index contributed by atoms with van der Waals surface area (Å²) in [5.74, 6) is -0.928. The molecule has 1 saturated heterocycles. The first-order chi connectivity index (χ1) is 8.34. The van der Waals surface area contributed by atoms with Crippen molar-refractivity contribution in [2.75, 3.05) is 26.2 Å². The van der Waals surface area contributed by atoms with E-state index in [1.54, 1.807) is 9.80 Å². The molecule has 0 aliphatic carbocycles. The van der Waals surface area contributed by atoms with Gasteiger partial charge >= 0.3 is 0 Å². The van der Waals surface area contributed by atoms with Crippen molar-refractivity contribution in [3.05, 3.63) is 5.92 Å². The lowest BCUT2D eigenvalue weighted by Crippen LogP contribution is -2.53. The van der Waals surface area contributed by atoms with Crippen molar-refractivity contribution in [3.8, 4) is 0 Å². The molecular formula is C12H20N3O3. The van der Waals surface area contributed by atoms with Gasteiger partial charge in [0.15, 0.2) is 0 Å². The molecule has 0 atom stereocenters. The number of primary amides is 1. The minimum absolute atomic E-state index is 0.0360. The lowest BCUT2D eigenvalue weighted by Gasteiger charge is -2.36. The van der Waals surface area contributed by atoms with Crippen LogP contribution in [0.3, 0.4) is 0 Å². The molecule has 1 aliphatic heterocycles. The minimum Gasteiger partial charge on any atom is -0.369 e. The molecule has 0 saturated carbocycles. The summed E-state index contributed by atoms with van der Waals surface area (Å²) in [5, 5.41) is 0. The molecule has 1 rings (SSSR count). The molecule has 6 heteroatoms. The molecule has 2 N–H and O–H groups in total. The number of carbonyl (C=O) groups is 3. The zero-order valence-corrected chi connectivity index (χ0v) is 11.1. The van der Waals surface area contributed by atoms with Crippen molar-refractivity contribution >= 4 is 17.7 Å². The van der Waals surface area contributed by atoms with Crippen LogP contribution < -0.4 is 5.73 Å². The summed E-state index contributed by atoms with van der Waals surface area (Å²) in [4.78, 5) is 37.8. The summed E-state index contributed by atoms with van der Waals surface area (Å²) in [6.45, 7) is 7.04. The monoisotopic (exact) mass is 254 g/mol. The summed E-state index contributed by atoms with van der Waals surface area (Å²) < 4.78 is 0.